The number of imidazole rings is 1. The van der Waals surface area contributed by atoms with Gasteiger partial charge in [-0.1, -0.05) is 6.07 Å². The molecule has 0 amide bonds. The molecule has 86 valence electrons. The van der Waals surface area contributed by atoms with E-state index in [1.807, 2.05) is 25.1 Å². The number of nitrogens with one attached hydrogen (secondary N) is 1. The Hall–Kier alpha value is -1.16. The summed E-state index contributed by atoms with van der Waals surface area (Å²) in [6.07, 6.45) is 0. The highest BCUT2D eigenvalue weighted by atomic mass is 31.2. The summed E-state index contributed by atoms with van der Waals surface area (Å²) in [5.41, 5.74) is 1.69. The molecule has 1 heterocycles. The Labute approximate surface area is 92.7 Å². The molecular weight excluding hydrogens is 227 g/mol. The third kappa shape index (κ3) is 2.02. The van der Waals surface area contributed by atoms with Crippen molar-refractivity contribution < 1.29 is 14.4 Å². The zero-order valence-electron chi connectivity index (χ0n) is 9.01. The minimum atomic E-state index is -4.14. The van der Waals surface area contributed by atoms with Crippen molar-refractivity contribution in [3.05, 3.63) is 29.6 Å². The van der Waals surface area contributed by atoms with Crippen LogP contribution in [0.25, 0.3) is 11.0 Å². The minimum absolute atomic E-state index is 0.328. The lowest BCUT2D eigenvalue weighted by molar-refractivity contribution is 0.360. The Morgan fingerprint density at radius 2 is 2.12 bits per heavy atom. The fourth-order valence-corrected chi connectivity index (χ4v) is 1.93. The third-order valence-electron chi connectivity index (χ3n) is 2.56. The Balaban J connectivity index is 2.51. The molecule has 0 saturated carbocycles. The molecule has 1 aromatic heterocycles. The Morgan fingerprint density at radius 1 is 1.44 bits per heavy atom. The quantitative estimate of drug-likeness (QED) is 0.701. The van der Waals surface area contributed by atoms with Crippen LogP contribution in [0.15, 0.2) is 18.2 Å². The van der Waals surface area contributed by atoms with E-state index in [1.54, 1.807) is 0 Å². The topological polar surface area (TPSA) is 86.2 Å². The average Bonchev–Trinajstić information content (AvgIpc) is 2.57. The fourth-order valence-electron chi connectivity index (χ4n) is 1.49. The molecule has 0 aliphatic rings. The van der Waals surface area contributed by atoms with Crippen LogP contribution in [0.5, 0.6) is 0 Å². The maximum atomic E-state index is 11.1. The molecular formula is C10H13N2O3P. The second-order valence-corrected chi connectivity index (χ2v) is 5.86. The first kappa shape index (κ1) is 11.3. The predicted molar refractivity (Wildman–Crippen MR) is 61.3 cm³/mol. The van der Waals surface area contributed by atoms with Crippen molar-refractivity contribution in [2.75, 3.05) is 0 Å². The van der Waals surface area contributed by atoms with E-state index in [-0.39, 0.29) is 0 Å². The molecule has 0 bridgehead atoms. The average molecular weight is 240 g/mol. The van der Waals surface area contributed by atoms with E-state index in [2.05, 4.69) is 9.97 Å². The highest BCUT2D eigenvalue weighted by molar-refractivity contribution is 7.52. The zero-order valence-corrected chi connectivity index (χ0v) is 9.90. The zero-order chi connectivity index (χ0) is 11.9. The maximum absolute atomic E-state index is 11.1. The molecule has 6 heteroatoms. The number of nitrogens with zero attached hydrogens (tertiary/aromatic N) is 1. The van der Waals surface area contributed by atoms with Crippen molar-refractivity contribution in [2.45, 2.75) is 19.5 Å². The Bertz CT molecular complexity index is 572. The number of hydrogen-bond donors (Lipinski definition) is 3. The summed E-state index contributed by atoms with van der Waals surface area (Å²) in [5.74, 6) is 0.328. The van der Waals surface area contributed by atoms with Crippen LogP contribution in [0.4, 0.5) is 0 Å². The second kappa shape index (κ2) is 3.70. The molecule has 5 nitrogen and oxygen atoms in total. The second-order valence-electron chi connectivity index (χ2n) is 3.91. The van der Waals surface area contributed by atoms with Crippen LogP contribution in [-0.4, -0.2) is 19.8 Å². The van der Waals surface area contributed by atoms with Crippen molar-refractivity contribution in [3.63, 3.8) is 0 Å². The van der Waals surface area contributed by atoms with E-state index < -0.39 is 13.3 Å². The van der Waals surface area contributed by atoms with Crippen molar-refractivity contribution in [1.29, 1.82) is 0 Å². The maximum Gasteiger partial charge on any atom is 0.335 e. The molecule has 1 unspecified atom stereocenters. The van der Waals surface area contributed by atoms with E-state index >= 15 is 0 Å². The Kier molecular flexibility index (Phi) is 2.62. The molecule has 3 N–H and O–H groups in total. The van der Waals surface area contributed by atoms with E-state index in [1.165, 1.54) is 6.92 Å². The van der Waals surface area contributed by atoms with E-state index in [0.717, 1.165) is 16.6 Å². The lowest BCUT2D eigenvalue weighted by Gasteiger charge is -2.09. The molecule has 2 rings (SSSR count). The van der Waals surface area contributed by atoms with Crippen LogP contribution in [0.3, 0.4) is 0 Å². The van der Waals surface area contributed by atoms with Crippen LogP contribution >= 0.6 is 7.60 Å². The van der Waals surface area contributed by atoms with E-state index in [0.29, 0.717) is 5.82 Å². The third-order valence-corrected chi connectivity index (χ3v) is 3.81. The summed E-state index contributed by atoms with van der Waals surface area (Å²) < 4.78 is 11.1. The largest absolute Gasteiger partial charge is 0.341 e. The number of rotatable bonds is 2. The van der Waals surface area contributed by atoms with Gasteiger partial charge in [-0.2, -0.15) is 0 Å². The molecule has 1 atom stereocenters. The van der Waals surface area contributed by atoms with Crippen molar-refractivity contribution >= 4 is 18.6 Å². The minimum Gasteiger partial charge on any atom is -0.341 e. The fraction of sp³-hybridized carbons (Fsp3) is 0.300. The number of aromatic amines is 1. The molecule has 0 aliphatic heterocycles. The summed E-state index contributed by atoms with van der Waals surface area (Å²) in [6, 6.07) is 5.65. The number of H-pyrrole nitrogens is 1. The van der Waals surface area contributed by atoms with Crippen LogP contribution in [0.1, 0.15) is 24.0 Å². The highest BCUT2D eigenvalue weighted by Crippen LogP contribution is 2.50. The van der Waals surface area contributed by atoms with Crippen LogP contribution in [-0.2, 0) is 4.57 Å². The van der Waals surface area contributed by atoms with Gasteiger partial charge in [0.1, 0.15) is 11.5 Å². The number of fused-ring (bicyclic) bond motifs is 1. The lowest BCUT2D eigenvalue weighted by atomic mass is 10.2. The standard InChI is InChI=1S/C10H13N2O3P/c1-6-3-4-8-9(5-6)12-10(11-8)7(2)16(13,14)15/h3-5,7H,1-2H3,(H,11,12)(H2,13,14,15). The number of benzene rings is 1. The van der Waals surface area contributed by atoms with Crippen molar-refractivity contribution in [2.24, 2.45) is 0 Å². The smallest absolute Gasteiger partial charge is 0.335 e. The number of aryl methyl sites for hydroxylation is 1. The first-order valence-corrected chi connectivity index (χ1v) is 6.57. The van der Waals surface area contributed by atoms with Crippen LogP contribution in [0.2, 0.25) is 0 Å². The molecule has 16 heavy (non-hydrogen) atoms. The van der Waals surface area contributed by atoms with Gasteiger partial charge in [0, 0.05) is 0 Å². The number of aromatic nitrogens is 2. The summed E-state index contributed by atoms with van der Waals surface area (Å²) in [4.78, 5) is 25.3. The van der Waals surface area contributed by atoms with Gasteiger partial charge in [-0.25, -0.2) is 4.98 Å². The highest BCUT2D eigenvalue weighted by Gasteiger charge is 2.28. The monoisotopic (exact) mass is 240 g/mol. The predicted octanol–water partition coefficient (Wildman–Crippen LogP) is 2.11. The summed E-state index contributed by atoms with van der Waals surface area (Å²) in [7, 11) is -4.14. The molecule has 0 saturated heterocycles. The van der Waals surface area contributed by atoms with Crippen molar-refractivity contribution in [3.8, 4) is 0 Å². The van der Waals surface area contributed by atoms with Gasteiger partial charge in [0.15, 0.2) is 0 Å². The van der Waals surface area contributed by atoms with Crippen LogP contribution in [0, 0.1) is 6.92 Å². The van der Waals surface area contributed by atoms with Gasteiger partial charge in [0.25, 0.3) is 0 Å². The van der Waals surface area contributed by atoms with Crippen molar-refractivity contribution in [1.82, 2.24) is 9.97 Å². The van der Waals surface area contributed by atoms with Gasteiger partial charge in [-0.15, -0.1) is 0 Å². The number of hydrogen-bond acceptors (Lipinski definition) is 2. The van der Waals surface area contributed by atoms with Gasteiger partial charge in [-0.3, -0.25) is 4.57 Å². The van der Waals surface area contributed by atoms with Gasteiger partial charge in [-0.05, 0) is 31.5 Å². The molecule has 1 aromatic carbocycles. The van der Waals surface area contributed by atoms with Gasteiger partial charge in [0.2, 0.25) is 0 Å². The Morgan fingerprint density at radius 3 is 2.75 bits per heavy atom. The normalized spacial score (nSPS) is 14.2. The lowest BCUT2D eigenvalue weighted by Crippen LogP contribution is -1.96. The molecule has 2 aromatic rings. The molecule has 0 spiro atoms. The first-order chi connectivity index (χ1) is 7.38. The van der Waals surface area contributed by atoms with E-state index in [9.17, 15) is 4.57 Å². The first-order valence-electron chi connectivity index (χ1n) is 4.89. The van der Waals surface area contributed by atoms with Gasteiger partial charge < -0.3 is 14.8 Å². The summed E-state index contributed by atoms with van der Waals surface area (Å²) in [6.45, 7) is 3.41. The summed E-state index contributed by atoms with van der Waals surface area (Å²) >= 11 is 0. The summed E-state index contributed by atoms with van der Waals surface area (Å²) in [5, 5.41) is 0. The van der Waals surface area contributed by atoms with Crippen LogP contribution < -0.4 is 0 Å². The molecule has 0 fully saturated rings. The van der Waals surface area contributed by atoms with Gasteiger partial charge >= 0.3 is 7.60 Å². The van der Waals surface area contributed by atoms with Gasteiger partial charge in [0.05, 0.1) is 11.0 Å². The van der Waals surface area contributed by atoms with E-state index in [4.69, 9.17) is 9.79 Å². The molecule has 0 aliphatic carbocycles. The SMILES string of the molecule is Cc1ccc2[nH]c(C(C)P(=O)(O)O)nc2c1. The molecule has 0 radical (unpaired) electrons.